The minimum atomic E-state index is -0.274. The Bertz CT molecular complexity index is 951. The molecule has 0 saturated carbocycles. The van der Waals surface area contributed by atoms with Crippen molar-refractivity contribution in [1.29, 1.82) is 0 Å². The van der Waals surface area contributed by atoms with E-state index in [2.05, 4.69) is 25.8 Å². The van der Waals surface area contributed by atoms with Crippen LogP contribution in [0.2, 0.25) is 0 Å². The average Bonchev–Trinajstić information content (AvgIpc) is 3.02. The first-order chi connectivity index (χ1) is 20.6. The fraction of sp³-hybridized carbons (Fsp3) is 0.632. The summed E-state index contributed by atoms with van der Waals surface area (Å²) in [5.74, 6) is 0.996. The van der Waals surface area contributed by atoms with Gasteiger partial charge in [-0.25, -0.2) is 4.79 Å². The predicted octanol–water partition coefficient (Wildman–Crippen LogP) is 11.7. The molecule has 42 heavy (non-hydrogen) atoms. The normalized spacial score (nSPS) is 12.1. The number of hydrogen-bond acceptors (Lipinski definition) is 4. The quantitative estimate of drug-likeness (QED) is 0.0670. The average molecular weight is 578 g/mol. The highest BCUT2D eigenvalue weighted by Gasteiger charge is 2.08. The molecule has 0 aliphatic heterocycles. The highest BCUT2D eigenvalue weighted by molar-refractivity contribution is 5.91. The molecule has 4 heteroatoms. The van der Waals surface area contributed by atoms with Crippen molar-refractivity contribution in [2.24, 2.45) is 10.9 Å². The van der Waals surface area contributed by atoms with Crippen molar-refractivity contribution in [3.05, 3.63) is 59.7 Å². The Labute approximate surface area is 257 Å². The van der Waals surface area contributed by atoms with E-state index >= 15 is 0 Å². The lowest BCUT2D eigenvalue weighted by Crippen LogP contribution is -2.11. The zero-order chi connectivity index (χ0) is 30.1. The third kappa shape index (κ3) is 17.4. The van der Waals surface area contributed by atoms with E-state index in [1.54, 1.807) is 18.3 Å². The molecule has 0 amide bonds. The summed E-state index contributed by atoms with van der Waals surface area (Å²) in [6, 6.07) is 15.3. The first kappa shape index (κ1) is 35.6. The monoisotopic (exact) mass is 577 g/mol. The molecule has 4 nitrogen and oxygen atoms in total. The number of carbonyl (C=O) groups excluding carboxylic acids is 1. The molecule has 1 unspecified atom stereocenters. The van der Waals surface area contributed by atoms with Gasteiger partial charge in [0.1, 0.15) is 5.75 Å². The van der Waals surface area contributed by atoms with Gasteiger partial charge in [0.25, 0.3) is 0 Å². The van der Waals surface area contributed by atoms with Gasteiger partial charge in [0, 0.05) is 6.21 Å². The minimum Gasteiger partial charge on any atom is -0.494 e. The number of aliphatic imine (C=N–C) groups is 1. The van der Waals surface area contributed by atoms with Gasteiger partial charge in [0.05, 0.1) is 24.5 Å². The van der Waals surface area contributed by atoms with Gasteiger partial charge in [-0.1, -0.05) is 142 Å². The highest BCUT2D eigenvalue weighted by Crippen LogP contribution is 2.19. The summed E-state index contributed by atoms with van der Waals surface area (Å²) in [6.07, 6.45) is 26.3. The largest absolute Gasteiger partial charge is 0.494 e. The second-order valence-corrected chi connectivity index (χ2v) is 12.0. The van der Waals surface area contributed by atoms with Crippen molar-refractivity contribution in [3.8, 4) is 5.75 Å². The van der Waals surface area contributed by atoms with Gasteiger partial charge in [0.2, 0.25) is 0 Å². The van der Waals surface area contributed by atoms with Crippen LogP contribution >= 0.6 is 0 Å². The molecule has 234 valence electrons. The molecule has 1 atom stereocenters. The van der Waals surface area contributed by atoms with Crippen molar-refractivity contribution in [2.45, 2.75) is 136 Å². The van der Waals surface area contributed by atoms with E-state index in [0.717, 1.165) is 36.4 Å². The van der Waals surface area contributed by atoms with Gasteiger partial charge >= 0.3 is 5.97 Å². The fourth-order valence-electron chi connectivity index (χ4n) is 4.92. The minimum absolute atomic E-state index is 0.274. The number of carbonyl (C=O) groups is 1. The smallest absolute Gasteiger partial charge is 0.338 e. The number of rotatable bonds is 25. The van der Waals surface area contributed by atoms with Crippen molar-refractivity contribution in [2.75, 3.05) is 13.2 Å². The molecule has 0 heterocycles. The molecule has 0 aliphatic carbocycles. The van der Waals surface area contributed by atoms with E-state index in [4.69, 9.17) is 9.47 Å². The van der Waals surface area contributed by atoms with E-state index in [1.807, 2.05) is 36.4 Å². The van der Waals surface area contributed by atoms with Crippen LogP contribution < -0.4 is 4.74 Å². The maximum atomic E-state index is 12.2. The summed E-state index contributed by atoms with van der Waals surface area (Å²) in [5.41, 5.74) is 2.38. The van der Waals surface area contributed by atoms with Crippen molar-refractivity contribution in [3.63, 3.8) is 0 Å². The van der Waals surface area contributed by atoms with Crippen LogP contribution in [0.25, 0.3) is 0 Å². The van der Waals surface area contributed by atoms with Crippen LogP contribution in [0.15, 0.2) is 53.5 Å². The number of unbranched alkanes of at least 4 members (excludes halogenated alkanes) is 16. The number of benzene rings is 2. The van der Waals surface area contributed by atoms with E-state index < -0.39 is 0 Å². The molecule has 0 spiro atoms. The predicted molar refractivity (Wildman–Crippen MR) is 180 cm³/mol. The van der Waals surface area contributed by atoms with Crippen molar-refractivity contribution in [1.82, 2.24) is 0 Å². The van der Waals surface area contributed by atoms with Gasteiger partial charge in [-0.3, -0.25) is 4.99 Å². The topological polar surface area (TPSA) is 47.9 Å². The molecule has 2 aromatic carbocycles. The van der Waals surface area contributed by atoms with Gasteiger partial charge in [-0.05, 0) is 54.3 Å². The van der Waals surface area contributed by atoms with Gasteiger partial charge in [-0.15, -0.1) is 0 Å². The lowest BCUT2D eigenvalue weighted by Gasteiger charge is -2.09. The number of ether oxygens (including phenoxy) is 2. The Kier molecular flexibility index (Phi) is 20.2. The van der Waals surface area contributed by atoms with Crippen molar-refractivity contribution >= 4 is 17.9 Å². The first-order valence-corrected chi connectivity index (χ1v) is 17.2. The van der Waals surface area contributed by atoms with Gasteiger partial charge in [0.15, 0.2) is 0 Å². The molecule has 0 aromatic heterocycles. The zero-order valence-corrected chi connectivity index (χ0v) is 27.1. The summed E-state index contributed by atoms with van der Waals surface area (Å²) in [7, 11) is 0. The lowest BCUT2D eigenvalue weighted by atomic mass is 10.0. The first-order valence-electron chi connectivity index (χ1n) is 17.2. The molecule has 0 fully saturated rings. The maximum Gasteiger partial charge on any atom is 0.338 e. The van der Waals surface area contributed by atoms with Crippen LogP contribution in [0.4, 0.5) is 5.69 Å². The standard InChI is InChI=1S/C38H59NO3/c1-4-6-7-8-9-10-11-12-13-14-15-16-17-18-19-20-21-30-41-37-28-26-36(27-29-37)39-31-34-22-24-35(25-23-34)38(40)42-32-33(3)5-2/h22-29,31,33H,4-21,30,32H2,1-3H3. The number of hydrogen-bond donors (Lipinski definition) is 0. The number of nitrogens with zero attached hydrogens (tertiary/aromatic N) is 1. The Balaban J connectivity index is 1.46. The Morgan fingerprint density at radius 3 is 1.69 bits per heavy atom. The van der Waals surface area contributed by atoms with Crippen LogP contribution in [0.3, 0.4) is 0 Å². The molecule has 0 aliphatic rings. The Hall–Kier alpha value is -2.62. The summed E-state index contributed by atoms with van der Waals surface area (Å²) in [5, 5.41) is 0. The van der Waals surface area contributed by atoms with Crippen LogP contribution in [-0.2, 0) is 4.74 Å². The van der Waals surface area contributed by atoms with E-state index in [1.165, 1.54) is 103 Å². The van der Waals surface area contributed by atoms with E-state index in [9.17, 15) is 4.79 Å². The molecule has 0 bridgehead atoms. The molecular weight excluding hydrogens is 518 g/mol. The molecule has 2 rings (SSSR count). The molecule has 0 saturated heterocycles. The molecule has 2 aromatic rings. The summed E-state index contributed by atoms with van der Waals surface area (Å²) in [6.45, 7) is 7.69. The third-order valence-corrected chi connectivity index (χ3v) is 8.06. The second kappa shape index (κ2) is 23.9. The molecule has 0 radical (unpaired) electrons. The SMILES string of the molecule is CCCCCCCCCCCCCCCCCCCOc1ccc(N=Cc2ccc(C(=O)OCC(C)CC)cc2)cc1. The van der Waals surface area contributed by atoms with Crippen LogP contribution in [-0.4, -0.2) is 25.4 Å². The zero-order valence-electron chi connectivity index (χ0n) is 27.1. The van der Waals surface area contributed by atoms with Crippen molar-refractivity contribution < 1.29 is 14.3 Å². The number of esters is 1. The fourth-order valence-corrected chi connectivity index (χ4v) is 4.92. The Morgan fingerprint density at radius 2 is 1.19 bits per heavy atom. The summed E-state index contributed by atoms with van der Waals surface area (Å²) >= 11 is 0. The van der Waals surface area contributed by atoms with Crippen LogP contribution in [0.5, 0.6) is 5.75 Å². The molecule has 0 N–H and O–H groups in total. The molecular formula is C38H59NO3. The third-order valence-electron chi connectivity index (χ3n) is 8.06. The van der Waals surface area contributed by atoms with Gasteiger partial charge < -0.3 is 9.47 Å². The van der Waals surface area contributed by atoms with Crippen LogP contribution in [0, 0.1) is 5.92 Å². The Morgan fingerprint density at radius 1 is 0.690 bits per heavy atom. The van der Waals surface area contributed by atoms with Crippen LogP contribution in [0.1, 0.15) is 152 Å². The maximum absolute atomic E-state index is 12.2. The highest BCUT2D eigenvalue weighted by atomic mass is 16.5. The second-order valence-electron chi connectivity index (χ2n) is 12.0. The lowest BCUT2D eigenvalue weighted by molar-refractivity contribution is 0.0447. The summed E-state index contributed by atoms with van der Waals surface area (Å²) < 4.78 is 11.3. The van der Waals surface area contributed by atoms with E-state index in [-0.39, 0.29) is 5.97 Å². The van der Waals surface area contributed by atoms with Gasteiger partial charge in [-0.2, -0.15) is 0 Å². The van der Waals surface area contributed by atoms with E-state index in [0.29, 0.717) is 18.1 Å². The summed E-state index contributed by atoms with van der Waals surface area (Å²) in [4.78, 5) is 16.7.